The Bertz CT molecular complexity index is 1150. The van der Waals surface area contributed by atoms with E-state index in [1.54, 1.807) is 29.1 Å². The normalized spacial score (nSPS) is 11.4. The van der Waals surface area contributed by atoms with Crippen LogP contribution in [0.25, 0.3) is 5.69 Å². The van der Waals surface area contributed by atoms with Crippen LogP contribution in [-0.4, -0.2) is 24.5 Å². The molecule has 0 saturated carbocycles. The minimum absolute atomic E-state index is 0.0744. The van der Waals surface area contributed by atoms with Gasteiger partial charge in [-0.05, 0) is 55.2 Å². The Morgan fingerprint density at radius 3 is 2.50 bits per heavy atom. The Morgan fingerprint density at radius 1 is 1.11 bits per heavy atom. The van der Waals surface area contributed by atoms with E-state index < -0.39 is 10.0 Å². The number of benzene rings is 2. The SMILES string of the molecule is Cc1ccc(C)c(-n2ccnc(NCCc3ccc(S(N)(=O)=O)cc3)c2=O)c1. The Kier molecular flexibility index (Phi) is 5.62. The van der Waals surface area contributed by atoms with Gasteiger partial charge < -0.3 is 5.32 Å². The number of hydrogen-bond donors (Lipinski definition) is 2. The second-order valence-electron chi connectivity index (χ2n) is 6.61. The van der Waals surface area contributed by atoms with Gasteiger partial charge in [0.25, 0.3) is 5.56 Å². The van der Waals surface area contributed by atoms with E-state index >= 15 is 0 Å². The first kappa shape index (κ1) is 19.8. The molecule has 0 aliphatic rings. The Labute approximate surface area is 163 Å². The molecule has 0 aliphatic carbocycles. The van der Waals surface area contributed by atoms with Gasteiger partial charge in [0.1, 0.15) is 0 Å². The van der Waals surface area contributed by atoms with Gasteiger partial charge in [0.15, 0.2) is 5.82 Å². The highest BCUT2D eigenvalue weighted by atomic mass is 32.2. The van der Waals surface area contributed by atoms with Crippen molar-refractivity contribution in [2.45, 2.75) is 25.2 Å². The highest BCUT2D eigenvalue weighted by Gasteiger charge is 2.09. The molecule has 28 heavy (non-hydrogen) atoms. The predicted octanol–water partition coefficient (Wildman–Crippen LogP) is 2.15. The number of anilines is 1. The maximum absolute atomic E-state index is 12.8. The van der Waals surface area contributed by atoms with E-state index in [2.05, 4.69) is 10.3 Å². The van der Waals surface area contributed by atoms with Crippen LogP contribution in [0, 0.1) is 13.8 Å². The fraction of sp³-hybridized carbons (Fsp3) is 0.200. The van der Waals surface area contributed by atoms with Gasteiger partial charge in [-0.2, -0.15) is 0 Å². The molecule has 3 rings (SSSR count). The zero-order chi connectivity index (χ0) is 20.3. The summed E-state index contributed by atoms with van der Waals surface area (Å²) in [4.78, 5) is 17.0. The van der Waals surface area contributed by atoms with Crippen molar-refractivity contribution in [1.82, 2.24) is 9.55 Å². The molecule has 2 aromatic carbocycles. The minimum atomic E-state index is -3.70. The first-order valence-corrected chi connectivity index (χ1v) is 10.3. The third-order valence-electron chi connectivity index (χ3n) is 4.42. The summed E-state index contributed by atoms with van der Waals surface area (Å²) in [5.41, 5.74) is 3.60. The van der Waals surface area contributed by atoms with Crippen molar-refractivity contribution in [2.24, 2.45) is 5.14 Å². The first-order chi connectivity index (χ1) is 13.3. The smallest absolute Gasteiger partial charge is 0.297 e. The van der Waals surface area contributed by atoms with Crippen molar-refractivity contribution < 1.29 is 8.42 Å². The topological polar surface area (TPSA) is 107 Å². The number of hydrogen-bond acceptors (Lipinski definition) is 5. The van der Waals surface area contributed by atoms with E-state index in [1.165, 1.54) is 12.1 Å². The quantitative estimate of drug-likeness (QED) is 0.662. The summed E-state index contributed by atoms with van der Waals surface area (Å²) in [6, 6.07) is 12.3. The summed E-state index contributed by atoms with van der Waals surface area (Å²) >= 11 is 0. The molecule has 1 heterocycles. The number of primary sulfonamides is 1. The van der Waals surface area contributed by atoms with Gasteiger partial charge in [-0.25, -0.2) is 18.5 Å². The molecular weight excluding hydrogens is 376 g/mol. The Balaban J connectivity index is 1.74. The molecule has 0 fully saturated rings. The van der Waals surface area contributed by atoms with Gasteiger partial charge in [-0.15, -0.1) is 0 Å². The van der Waals surface area contributed by atoms with Crippen LogP contribution >= 0.6 is 0 Å². The molecule has 0 amide bonds. The van der Waals surface area contributed by atoms with Crippen LogP contribution in [0.1, 0.15) is 16.7 Å². The van der Waals surface area contributed by atoms with E-state index in [1.807, 2.05) is 32.0 Å². The van der Waals surface area contributed by atoms with Crippen LogP contribution in [0.3, 0.4) is 0 Å². The molecule has 0 atom stereocenters. The maximum atomic E-state index is 12.8. The number of nitrogens with one attached hydrogen (secondary N) is 1. The summed E-state index contributed by atoms with van der Waals surface area (Å²) in [5, 5.41) is 8.16. The zero-order valence-corrected chi connectivity index (χ0v) is 16.5. The molecule has 3 N–H and O–H groups in total. The second-order valence-corrected chi connectivity index (χ2v) is 8.17. The third-order valence-corrected chi connectivity index (χ3v) is 5.35. The fourth-order valence-electron chi connectivity index (χ4n) is 2.87. The first-order valence-electron chi connectivity index (χ1n) is 8.76. The molecular formula is C20H22N4O3S. The molecule has 3 aromatic rings. The maximum Gasteiger partial charge on any atom is 0.297 e. The van der Waals surface area contributed by atoms with Crippen molar-refractivity contribution in [3.05, 3.63) is 81.9 Å². The lowest BCUT2D eigenvalue weighted by Crippen LogP contribution is -2.24. The molecule has 0 bridgehead atoms. The van der Waals surface area contributed by atoms with Gasteiger partial charge in [0, 0.05) is 18.9 Å². The number of aromatic nitrogens is 2. The number of sulfonamides is 1. The zero-order valence-electron chi connectivity index (χ0n) is 15.7. The molecule has 146 valence electrons. The highest BCUT2D eigenvalue weighted by molar-refractivity contribution is 7.89. The van der Waals surface area contributed by atoms with Gasteiger partial charge in [-0.3, -0.25) is 9.36 Å². The lowest BCUT2D eigenvalue weighted by molar-refractivity contribution is 0.598. The molecule has 0 unspecified atom stereocenters. The average Bonchev–Trinajstić information content (AvgIpc) is 2.65. The number of aryl methyl sites for hydroxylation is 2. The van der Waals surface area contributed by atoms with Crippen LogP contribution < -0.4 is 16.0 Å². The van der Waals surface area contributed by atoms with Crippen LogP contribution in [0.4, 0.5) is 5.82 Å². The molecule has 0 spiro atoms. The van der Waals surface area contributed by atoms with Crippen molar-refractivity contribution in [3.8, 4) is 5.69 Å². The number of nitrogens with zero attached hydrogens (tertiary/aromatic N) is 2. The molecule has 8 heteroatoms. The monoisotopic (exact) mass is 398 g/mol. The van der Waals surface area contributed by atoms with E-state index in [0.717, 1.165) is 22.4 Å². The molecule has 7 nitrogen and oxygen atoms in total. The molecule has 0 aliphatic heterocycles. The standard InChI is InChI=1S/C20H22N4O3S/c1-14-3-4-15(2)18(13-14)24-12-11-23-19(20(24)25)22-10-9-16-5-7-17(8-6-16)28(21,26)27/h3-8,11-13H,9-10H2,1-2H3,(H,22,23)(H2,21,26,27). The predicted molar refractivity (Wildman–Crippen MR) is 109 cm³/mol. The van der Waals surface area contributed by atoms with Crippen molar-refractivity contribution >= 4 is 15.8 Å². The largest absolute Gasteiger partial charge is 0.365 e. The van der Waals surface area contributed by atoms with Gasteiger partial charge >= 0.3 is 0 Å². The van der Waals surface area contributed by atoms with Crippen LogP contribution in [-0.2, 0) is 16.4 Å². The summed E-state index contributed by atoms with van der Waals surface area (Å²) in [7, 11) is -3.70. The third kappa shape index (κ3) is 4.47. The number of nitrogens with two attached hydrogens (primary N) is 1. The minimum Gasteiger partial charge on any atom is -0.365 e. The molecule has 0 saturated heterocycles. The summed E-state index contributed by atoms with van der Waals surface area (Å²) in [5.74, 6) is 0.268. The van der Waals surface area contributed by atoms with Crippen molar-refractivity contribution in [1.29, 1.82) is 0 Å². The van der Waals surface area contributed by atoms with E-state index in [-0.39, 0.29) is 16.3 Å². The second kappa shape index (κ2) is 7.95. The Hall–Kier alpha value is -2.97. The molecule has 1 aromatic heterocycles. The fourth-order valence-corrected chi connectivity index (χ4v) is 3.39. The molecule has 0 radical (unpaired) electrons. The van der Waals surface area contributed by atoms with E-state index in [0.29, 0.717) is 13.0 Å². The highest BCUT2D eigenvalue weighted by Crippen LogP contribution is 2.14. The van der Waals surface area contributed by atoms with E-state index in [4.69, 9.17) is 5.14 Å². The lowest BCUT2D eigenvalue weighted by Gasteiger charge is -2.12. The average molecular weight is 398 g/mol. The Morgan fingerprint density at radius 2 is 1.82 bits per heavy atom. The van der Waals surface area contributed by atoms with Gasteiger partial charge in [0.05, 0.1) is 10.6 Å². The van der Waals surface area contributed by atoms with Crippen LogP contribution in [0.2, 0.25) is 0 Å². The van der Waals surface area contributed by atoms with Gasteiger partial charge in [-0.1, -0.05) is 24.3 Å². The summed E-state index contributed by atoms with van der Waals surface area (Å²) < 4.78 is 24.2. The summed E-state index contributed by atoms with van der Waals surface area (Å²) in [6.07, 6.45) is 3.85. The van der Waals surface area contributed by atoms with Crippen LogP contribution in [0.5, 0.6) is 0 Å². The van der Waals surface area contributed by atoms with Gasteiger partial charge in [0.2, 0.25) is 10.0 Å². The van der Waals surface area contributed by atoms with E-state index in [9.17, 15) is 13.2 Å². The lowest BCUT2D eigenvalue weighted by atomic mass is 10.1. The number of rotatable bonds is 6. The van der Waals surface area contributed by atoms with Crippen molar-refractivity contribution in [3.63, 3.8) is 0 Å². The van der Waals surface area contributed by atoms with Crippen LogP contribution in [0.15, 0.2) is 64.5 Å². The summed E-state index contributed by atoms with van der Waals surface area (Å²) in [6.45, 7) is 4.42. The van der Waals surface area contributed by atoms with Crippen molar-refractivity contribution in [2.75, 3.05) is 11.9 Å².